The van der Waals surface area contributed by atoms with Crippen molar-refractivity contribution in [1.82, 2.24) is 9.78 Å². The predicted molar refractivity (Wildman–Crippen MR) is 128 cm³/mol. The third-order valence-electron chi connectivity index (χ3n) is 6.19. The largest absolute Gasteiger partial charge is 0.300 e. The highest BCUT2D eigenvalue weighted by Crippen LogP contribution is 2.38. The number of aryl methyl sites for hydroxylation is 3. The van der Waals surface area contributed by atoms with Gasteiger partial charge in [-0.2, -0.15) is 5.10 Å². The first-order valence-corrected chi connectivity index (χ1v) is 11.6. The van der Waals surface area contributed by atoms with Gasteiger partial charge in [0.2, 0.25) is 0 Å². The normalized spacial score (nSPS) is 18.2. The van der Waals surface area contributed by atoms with E-state index < -0.39 is 11.8 Å². The SMILES string of the molecule is Cc1cc(-n2cc(Cl)cn2)cc(C)c1C1C(=O)CC(CC(=O)CCc2cccc(Cl)c2)C1=O. The van der Waals surface area contributed by atoms with Crippen LogP contribution in [0.2, 0.25) is 10.0 Å². The van der Waals surface area contributed by atoms with Gasteiger partial charge in [0.25, 0.3) is 0 Å². The maximum atomic E-state index is 13.2. The van der Waals surface area contributed by atoms with Gasteiger partial charge in [-0.3, -0.25) is 14.4 Å². The molecule has 1 saturated carbocycles. The number of aromatic nitrogens is 2. The molecule has 0 aliphatic heterocycles. The fourth-order valence-corrected chi connectivity index (χ4v) is 5.02. The lowest BCUT2D eigenvalue weighted by Crippen LogP contribution is -2.19. The van der Waals surface area contributed by atoms with Gasteiger partial charge in [-0.25, -0.2) is 4.68 Å². The Morgan fingerprint density at radius 3 is 2.45 bits per heavy atom. The molecule has 0 radical (unpaired) electrons. The van der Waals surface area contributed by atoms with Gasteiger partial charge in [0.15, 0.2) is 5.78 Å². The Bertz CT molecular complexity index is 1220. The molecule has 5 nitrogen and oxygen atoms in total. The van der Waals surface area contributed by atoms with Gasteiger partial charge in [0.05, 0.1) is 16.9 Å². The second-order valence-electron chi connectivity index (χ2n) is 8.67. The Labute approximate surface area is 202 Å². The monoisotopic (exact) mass is 482 g/mol. The molecule has 7 heteroatoms. The number of ketones is 3. The van der Waals surface area contributed by atoms with E-state index in [9.17, 15) is 14.4 Å². The number of carbonyl (C=O) groups is 3. The van der Waals surface area contributed by atoms with Crippen molar-refractivity contribution < 1.29 is 14.4 Å². The lowest BCUT2D eigenvalue weighted by molar-refractivity contribution is -0.127. The quantitative estimate of drug-likeness (QED) is 0.409. The van der Waals surface area contributed by atoms with Crippen LogP contribution in [0.15, 0.2) is 48.8 Å². The van der Waals surface area contributed by atoms with E-state index in [1.807, 2.05) is 44.2 Å². The van der Waals surface area contributed by atoms with Crippen molar-refractivity contribution >= 4 is 40.6 Å². The summed E-state index contributed by atoms with van der Waals surface area (Å²) in [5, 5.41) is 5.38. The molecule has 2 aromatic carbocycles. The third-order valence-corrected chi connectivity index (χ3v) is 6.63. The average molecular weight is 483 g/mol. The molecule has 0 bridgehead atoms. The average Bonchev–Trinajstić information content (AvgIpc) is 3.30. The molecule has 0 amide bonds. The molecule has 0 N–H and O–H groups in total. The van der Waals surface area contributed by atoms with Gasteiger partial charge < -0.3 is 0 Å². The molecule has 3 aromatic rings. The van der Waals surface area contributed by atoms with Crippen LogP contribution in [0.1, 0.15) is 47.4 Å². The minimum absolute atomic E-state index is 0.0128. The molecule has 2 atom stereocenters. The van der Waals surface area contributed by atoms with Crippen molar-refractivity contribution in [2.75, 3.05) is 0 Å². The molecule has 1 aliphatic rings. The zero-order chi connectivity index (χ0) is 23.7. The summed E-state index contributed by atoms with van der Waals surface area (Å²) in [7, 11) is 0. The molecule has 1 heterocycles. The zero-order valence-electron chi connectivity index (χ0n) is 18.5. The van der Waals surface area contributed by atoms with E-state index >= 15 is 0 Å². The number of carbonyl (C=O) groups excluding carboxylic acids is 3. The summed E-state index contributed by atoms with van der Waals surface area (Å²) >= 11 is 12.0. The van der Waals surface area contributed by atoms with Gasteiger partial charge in [-0.05, 0) is 66.8 Å². The van der Waals surface area contributed by atoms with Crippen LogP contribution in [0.3, 0.4) is 0 Å². The van der Waals surface area contributed by atoms with Crippen molar-refractivity contribution in [3.05, 3.63) is 81.1 Å². The Morgan fingerprint density at radius 1 is 1.09 bits per heavy atom. The second-order valence-corrected chi connectivity index (χ2v) is 9.54. The number of hydrogen-bond acceptors (Lipinski definition) is 4. The minimum atomic E-state index is -0.814. The van der Waals surface area contributed by atoms with E-state index in [0.717, 1.165) is 27.9 Å². The fourth-order valence-electron chi connectivity index (χ4n) is 4.67. The van der Waals surface area contributed by atoms with E-state index in [2.05, 4.69) is 5.10 Å². The number of Topliss-reactive ketones (excluding diaryl/α,β-unsaturated/α-hetero) is 3. The summed E-state index contributed by atoms with van der Waals surface area (Å²) in [4.78, 5) is 38.7. The van der Waals surface area contributed by atoms with Gasteiger partial charge in [-0.15, -0.1) is 0 Å². The van der Waals surface area contributed by atoms with Crippen LogP contribution >= 0.6 is 23.2 Å². The predicted octanol–water partition coefficient (Wildman–Crippen LogP) is 5.63. The third kappa shape index (κ3) is 5.10. The van der Waals surface area contributed by atoms with Gasteiger partial charge >= 0.3 is 0 Å². The van der Waals surface area contributed by atoms with E-state index in [4.69, 9.17) is 23.2 Å². The molecular weight excluding hydrogens is 459 g/mol. The molecule has 1 fully saturated rings. The summed E-state index contributed by atoms with van der Waals surface area (Å²) in [6.07, 6.45) is 4.35. The number of halogens is 2. The molecule has 170 valence electrons. The number of nitrogens with zero attached hydrogens (tertiary/aromatic N) is 2. The summed E-state index contributed by atoms with van der Waals surface area (Å²) in [6, 6.07) is 11.2. The van der Waals surface area contributed by atoms with Crippen LogP contribution in [-0.4, -0.2) is 27.1 Å². The molecule has 1 aliphatic carbocycles. The molecule has 1 aromatic heterocycles. The zero-order valence-corrected chi connectivity index (χ0v) is 20.0. The van der Waals surface area contributed by atoms with E-state index in [1.54, 1.807) is 23.1 Å². The minimum Gasteiger partial charge on any atom is -0.300 e. The Kier molecular flexibility index (Phi) is 6.82. The van der Waals surface area contributed by atoms with Gasteiger partial charge in [-0.1, -0.05) is 35.3 Å². The van der Waals surface area contributed by atoms with Crippen LogP contribution in [0, 0.1) is 19.8 Å². The van der Waals surface area contributed by atoms with Crippen LogP contribution in [0.25, 0.3) is 5.69 Å². The summed E-state index contributed by atoms with van der Waals surface area (Å²) < 4.78 is 1.66. The van der Waals surface area contributed by atoms with Crippen molar-refractivity contribution in [3.63, 3.8) is 0 Å². The van der Waals surface area contributed by atoms with Gasteiger partial charge in [0, 0.05) is 36.4 Å². The molecular formula is C26H24Cl2N2O3. The maximum Gasteiger partial charge on any atom is 0.151 e. The fraction of sp³-hybridized carbons (Fsp3) is 0.308. The molecule has 33 heavy (non-hydrogen) atoms. The summed E-state index contributed by atoms with van der Waals surface area (Å²) in [6.45, 7) is 3.78. The van der Waals surface area contributed by atoms with Crippen molar-refractivity contribution in [3.8, 4) is 5.69 Å². The van der Waals surface area contributed by atoms with Crippen molar-refractivity contribution in [2.24, 2.45) is 5.92 Å². The lowest BCUT2D eigenvalue weighted by Gasteiger charge is -2.17. The maximum absolute atomic E-state index is 13.2. The smallest absolute Gasteiger partial charge is 0.151 e. The topological polar surface area (TPSA) is 69.0 Å². The van der Waals surface area contributed by atoms with E-state index in [1.165, 1.54) is 0 Å². The highest BCUT2D eigenvalue weighted by Gasteiger charge is 2.43. The van der Waals surface area contributed by atoms with Crippen LogP contribution in [0.5, 0.6) is 0 Å². The van der Waals surface area contributed by atoms with Crippen molar-refractivity contribution in [1.29, 1.82) is 0 Å². The number of benzene rings is 2. The standard InChI is InChI=1S/C26H24Cl2N2O3/c1-15-8-21(30-14-20(28)13-29-30)9-16(2)24(15)25-23(32)12-18(26(25)33)11-22(31)7-6-17-4-3-5-19(27)10-17/h3-5,8-10,13-14,18,25H,6-7,11-12H2,1-2H3. The van der Waals surface area contributed by atoms with Gasteiger partial charge in [0.1, 0.15) is 17.5 Å². The van der Waals surface area contributed by atoms with E-state index in [-0.39, 0.29) is 30.2 Å². The first kappa shape index (κ1) is 23.4. The van der Waals surface area contributed by atoms with Crippen LogP contribution in [-0.2, 0) is 20.8 Å². The Balaban J connectivity index is 1.47. The first-order chi connectivity index (χ1) is 15.7. The summed E-state index contributed by atoms with van der Waals surface area (Å²) in [5.41, 5.74) is 4.21. The molecule has 0 spiro atoms. The Morgan fingerprint density at radius 2 is 1.82 bits per heavy atom. The first-order valence-electron chi connectivity index (χ1n) is 10.9. The molecule has 4 rings (SSSR count). The number of hydrogen-bond donors (Lipinski definition) is 0. The Hall–Kier alpha value is -2.76. The highest BCUT2D eigenvalue weighted by molar-refractivity contribution is 6.30. The van der Waals surface area contributed by atoms with Crippen molar-refractivity contribution in [2.45, 2.75) is 45.4 Å². The van der Waals surface area contributed by atoms with E-state index in [0.29, 0.717) is 22.9 Å². The highest BCUT2D eigenvalue weighted by atomic mass is 35.5. The lowest BCUT2D eigenvalue weighted by atomic mass is 9.86. The number of rotatable bonds is 7. The molecule has 2 unspecified atom stereocenters. The second kappa shape index (κ2) is 9.62. The molecule has 0 saturated heterocycles. The van der Waals surface area contributed by atoms with Crippen LogP contribution in [0.4, 0.5) is 0 Å². The van der Waals surface area contributed by atoms with Crippen LogP contribution < -0.4 is 0 Å². The summed E-state index contributed by atoms with van der Waals surface area (Å²) in [5.74, 6) is -1.66.